The first-order valence-corrected chi connectivity index (χ1v) is 5.70. The Kier molecular flexibility index (Phi) is 5.78. The van der Waals surface area contributed by atoms with Crippen molar-refractivity contribution in [2.45, 2.75) is 19.4 Å². The highest BCUT2D eigenvalue weighted by atomic mass is 79.9. The molecule has 0 fully saturated rings. The van der Waals surface area contributed by atoms with Crippen molar-refractivity contribution >= 4 is 15.9 Å². The van der Waals surface area contributed by atoms with Gasteiger partial charge in [-0.05, 0) is 35.0 Å². The number of hydrazine groups is 1. The lowest BCUT2D eigenvalue weighted by molar-refractivity contribution is 0.122. The van der Waals surface area contributed by atoms with Gasteiger partial charge in [0.1, 0.15) is 0 Å². The van der Waals surface area contributed by atoms with Gasteiger partial charge in [-0.3, -0.25) is 16.3 Å². The number of pyridine rings is 1. The van der Waals surface area contributed by atoms with Crippen LogP contribution in [-0.2, 0) is 11.2 Å². The average Bonchev–Trinajstić information content (AvgIpc) is 2.27. The fourth-order valence-corrected chi connectivity index (χ4v) is 1.44. The van der Waals surface area contributed by atoms with E-state index < -0.39 is 0 Å². The van der Waals surface area contributed by atoms with Crippen LogP contribution in [-0.4, -0.2) is 24.2 Å². The molecule has 5 heteroatoms. The smallest absolute Gasteiger partial charge is 0.0636 e. The zero-order chi connectivity index (χ0) is 11.1. The van der Waals surface area contributed by atoms with Crippen LogP contribution < -0.4 is 11.3 Å². The Morgan fingerprint density at radius 3 is 2.93 bits per heavy atom. The van der Waals surface area contributed by atoms with Crippen LogP contribution in [0.2, 0.25) is 0 Å². The summed E-state index contributed by atoms with van der Waals surface area (Å²) in [7, 11) is 0. The zero-order valence-corrected chi connectivity index (χ0v) is 10.3. The maximum Gasteiger partial charge on any atom is 0.0636 e. The molecule has 0 spiro atoms. The Morgan fingerprint density at radius 1 is 1.60 bits per heavy atom. The van der Waals surface area contributed by atoms with E-state index in [0.29, 0.717) is 13.2 Å². The second-order valence-corrected chi connectivity index (χ2v) is 4.11. The fourth-order valence-electron chi connectivity index (χ4n) is 1.21. The molecule has 0 aromatic carbocycles. The van der Waals surface area contributed by atoms with Gasteiger partial charge in [-0.1, -0.05) is 0 Å². The van der Waals surface area contributed by atoms with Crippen molar-refractivity contribution in [3.63, 3.8) is 0 Å². The summed E-state index contributed by atoms with van der Waals surface area (Å²) < 4.78 is 6.28. The Morgan fingerprint density at radius 2 is 2.40 bits per heavy atom. The molecule has 0 aliphatic heterocycles. The predicted molar refractivity (Wildman–Crippen MR) is 63.2 cm³/mol. The van der Waals surface area contributed by atoms with Crippen LogP contribution in [0.15, 0.2) is 22.8 Å². The van der Waals surface area contributed by atoms with Crippen LogP contribution in [0.3, 0.4) is 0 Å². The summed E-state index contributed by atoms with van der Waals surface area (Å²) in [6, 6.07) is 4.05. The third-order valence-corrected chi connectivity index (χ3v) is 2.47. The third kappa shape index (κ3) is 4.70. The van der Waals surface area contributed by atoms with Gasteiger partial charge in [0, 0.05) is 35.4 Å². The Bertz CT molecular complexity index is 279. The number of ether oxygens (including phenoxy) is 1. The summed E-state index contributed by atoms with van der Waals surface area (Å²) in [6.45, 7) is 3.27. The lowest BCUT2D eigenvalue weighted by Crippen LogP contribution is -2.40. The molecule has 1 rings (SSSR count). The number of halogens is 1. The highest BCUT2D eigenvalue weighted by Crippen LogP contribution is 2.08. The van der Waals surface area contributed by atoms with Crippen molar-refractivity contribution in [3.8, 4) is 0 Å². The minimum atomic E-state index is 0.110. The lowest BCUT2D eigenvalue weighted by atomic mass is 10.1. The highest BCUT2D eigenvalue weighted by Gasteiger charge is 2.08. The Balaban J connectivity index is 2.47. The first-order valence-electron chi connectivity index (χ1n) is 4.90. The SMILES string of the molecule is CCOCC(Cc1ccc(Br)cn1)NN. The van der Waals surface area contributed by atoms with Gasteiger partial charge < -0.3 is 4.74 Å². The molecular weight excluding hydrogens is 258 g/mol. The Labute approximate surface area is 98.3 Å². The fraction of sp³-hybridized carbons (Fsp3) is 0.500. The monoisotopic (exact) mass is 273 g/mol. The molecule has 0 saturated carbocycles. The molecule has 1 aromatic rings. The number of nitrogens with one attached hydrogen (secondary N) is 1. The average molecular weight is 274 g/mol. The largest absolute Gasteiger partial charge is 0.380 e. The van der Waals surface area contributed by atoms with Gasteiger partial charge >= 0.3 is 0 Å². The zero-order valence-electron chi connectivity index (χ0n) is 8.74. The van der Waals surface area contributed by atoms with Crippen LogP contribution >= 0.6 is 15.9 Å². The molecule has 0 saturated heterocycles. The van der Waals surface area contributed by atoms with Crippen molar-refractivity contribution in [1.29, 1.82) is 0 Å². The molecule has 1 atom stereocenters. The third-order valence-electron chi connectivity index (χ3n) is 2.00. The highest BCUT2D eigenvalue weighted by molar-refractivity contribution is 9.10. The summed E-state index contributed by atoms with van der Waals surface area (Å²) in [5, 5.41) is 0. The summed E-state index contributed by atoms with van der Waals surface area (Å²) in [6.07, 6.45) is 2.55. The number of hydrogen-bond acceptors (Lipinski definition) is 4. The molecule has 4 nitrogen and oxygen atoms in total. The summed E-state index contributed by atoms with van der Waals surface area (Å²) in [4.78, 5) is 4.28. The molecule has 3 N–H and O–H groups in total. The van der Waals surface area contributed by atoms with Crippen LogP contribution in [0, 0.1) is 0 Å². The van der Waals surface area contributed by atoms with E-state index >= 15 is 0 Å². The van der Waals surface area contributed by atoms with Crippen molar-refractivity contribution in [3.05, 3.63) is 28.5 Å². The van der Waals surface area contributed by atoms with Crippen LogP contribution in [0.25, 0.3) is 0 Å². The molecule has 15 heavy (non-hydrogen) atoms. The summed E-state index contributed by atoms with van der Waals surface area (Å²) in [5.41, 5.74) is 3.72. The minimum Gasteiger partial charge on any atom is -0.380 e. The van der Waals surface area contributed by atoms with Gasteiger partial charge in [0.05, 0.1) is 6.61 Å². The van der Waals surface area contributed by atoms with Gasteiger partial charge in [-0.15, -0.1) is 0 Å². The van der Waals surface area contributed by atoms with E-state index in [9.17, 15) is 0 Å². The standard InChI is InChI=1S/C10H16BrN3O/c1-2-15-7-10(14-12)5-9-4-3-8(11)6-13-9/h3-4,6,10,14H,2,5,7,12H2,1H3. The van der Waals surface area contributed by atoms with E-state index in [1.807, 2.05) is 19.1 Å². The first-order chi connectivity index (χ1) is 7.26. The number of rotatable bonds is 6. The molecule has 0 radical (unpaired) electrons. The van der Waals surface area contributed by atoms with E-state index in [4.69, 9.17) is 10.6 Å². The predicted octanol–water partition coefficient (Wildman–Crippen LogP) is 1.25. The lowest BCUT2D eigenvalue weighted by Gasteiger charge is -2.14. The molecule has 0 bridgehead atoms. The van der Waals surface area contributed by atoms with Gasteiger partial charge in [-0.2, -0.15) is 0 Å². The quantitative estimate of drug-likeness (QED) is 0.605. The van der Waals surface area contributed by atoms with E-state index in [-0.39, 0.29) is 6.04 Å². The van der Waals surface area contributed by atoms with Crippen molar-refractivity contribution < 1.29 is 4.74 Å². The summed E-state index contributed by atoms with van der Waals surface area (Å²) >= 11 is 3.34. The van der Waals surface area contributed by atoms with E-state index in [2.05, 4.69) is 26.3 Å². The topological polar surface area (TPSA) is 60.2 Å². The second kappa shape index (κ2) is 6.90. The van der Waals surface area contributed by atoms with E-state index in [1.54, 1.807) is 6.20 Å². The van der Waals surface area contributed by atoms with Crippen molar-refractivity contribution in [1.82, 2.24) is 10.4 Å². The van der Waals surface area contributed by atoms with Crippen molar-refractivity contribution in [2.24, 2.45) is 5.84 Å². The molecule has 0 aliphatic carbocycles. The summed E-state index contributed by atoms with van der Waals surface area (Å²) in [5.74, 6) is 5.42. The van der Waals surface area contributed by atoms with Crippen LogP contribution in [0.1, 0.15) is 12.6 Å². The normalized spacial score (nSPS) is 12.7. The van der Waals surface area contributed by atoms with Crippen LogP contribution in [0.4, 0.5) is 0 Å². The van der Waals surface area contributed by atoms with Gasteiger partial charge in [0.25, 0.3) is 0 Å². The van der Waals surface area contributed by atoms with Gasteiger partial charge in [0.15, 0.2) is 0 Å². The number of nitrogens with two attached hydrogens (primary N) is 1. The molecular formula is C10H16BrN3O. The molecule has 1 heterocycles. The van der Waals surface area contributed by atoms with E-state index in [1.165, 1.54) is 0 Å². The number of hydrogen-bond donors (Lipinski definition) is 2. The van der Waals surface area contributed by atoms with Gasteiger partial charge in [-0.25, -0.2) is 0 Å². The second-order valence-electron chi connectivity index (χ2n) is 3.19. The van der Waals surface area contributed by atoms with Gasteiger partial charge in [0.2, 0.25) is 0 Å². The van der Waals surface area contributed by atoms with E-state index in [0.717, 1.165) is 16.6 Å². The molecule has 84 valence electrons. The van der Waals surface area contributed by atoms with Crippen LogP contribution in [0.5, 0.6) is 0 Å². The molecule has 0 amide bonds. The maximum absolute atomic E-state index is 5.42. The number of aromatic nitrogens is 1. The molecule has 1 aromatic heterocycles. The first kappa shape index (κ1) is 12.6. The molecule has 0 aliphatic rings. The minimum absolute atomic E-state index is 0.110. The maximum atomic E-state index is 5.42. The Hall–Kier alpha value is -0.490. The number of nitrogens with zero attached hydrogens (tertiary/aromatic N) is 1. The molecule has 1 unspecified atom stereocenters. The van der Waals surface area contributed by atoms with Crippen molar-refractivity contribution in [2.75, 3.05) is 13.2 Å².